The predicted molar refractivity (Wildman–Crippen MR) is 104 cm³/mol. The van der Waals surface area contributed by atoms with Gasteiger partial charge < -0.3 is 10.6 Å². The van der Waals surface area contributed by atoms with Gasteiger partial charge in [-0.05, 0) is 55.6 Å². The zero-order valence-corrected chi connectivity index (χ0v) is 16.2. The summed E-state index contributed by atoms with van der Waals surface area (Å²) in [7, 11) is 0. The van der Waals surface area contributed by atoms with E-state index in [-0.39, 0.29) is 23.2 Å². The number of nitrogens with zero attached hydrogens (tertiary/aromatic N) is 2. The quantitative estimate of drug-likeness (QED) is 0.783. The first-order valence-electron chi connectivity index (χ1n) is 9.48. The van der Waals surface area contributed by atoms with Gasteiger partial charge in [0.2, 0.25) is 5.91 Å². The summed E-state index contributed by atoms with van der Waals surface area (Å²) in [6.45, 7) is 7.08. The van der Waals surface area contributed by atoms with Crippen LogP contribution in [0.3, 0.4) is 0 Å². The maximum atomic E-state index is 13.7. The first-order chi connectivity index (χ1) is 12.8. The minimum Gasteiger partial charge on any atom is -0.326 e. The van der Waals surface area contributed by atoms with E-state index in [1.807, 2.05) is 12.3 Å². The van der Waals surface area contributed by atoms with Crippen molar-refractivity contribution in [3.05, 3.63) is 53.4 Å². The van der Waals surface area contributed by atoms with Crippen molar-refractivity contribution in [2.24, 2.45) is 0 Å². The third-order valence-corrected chi connectivity index (χ3v) is 4.71. The summed E-state index contributed by atoms with van der Waals surface area (Å²) in [4.78, 5) is 20.9. The Labute approximate surface area is 159 Å². The van der Waals surface area contributed by atoms with Crippen LogP contribution in [0, 0.1) is 5.82 Å². The topological polar surface area (TPSA) is 66.9 Å². The molecule has 144 valence electrons. The van der Waals surface area contributed by atoms with E-state index in [4.69, 9.17) is 0 Å². The zero-order valence-electron chi connectivity index (χ0n) is 16.2. The van der Waals surface area contributed by atoms with E-state index in [0.717, 1.165) is 36.5 Å². The van der Waals surface area contributed by atoms with Crippen LogP contribution in [-0.4, -0.2) is 22.4 Å². The van der Waals surface area contributed by atoms with Crippen LogP contribution >= 0.6 is 0 Å². The molecule has 2 aromatic rings. The van der Waals surface area contributed by atoms with Crippen molar-refractivity contribution in [3.8, 4) is 0 Å². The number of benzene rings is 1. The molecule has 1 aliphatic rings. The molecule has 0 spiro atoms. The Balaban J connectivity index is 1.60. The summed E-state index contributed by atoms with van der Waals surface area (Å²) in [6.07, 6.45) is 4.65. The Morgan fingerprint density at radius 3 is 2.89 bits per heavy atom. The number of hydrogen-bond acceptors (Lipinski definition) is 4. The Morgan fingerprint density at radius 1 is 1.30 bits per heavy atom. The van der Waals surface area contributed by atoms with Crippen LogP contribution in [0.2, 0.25) is 0 Å². The summed E-state index contributed by atoms with van der Waals surface area (Å²) in [6, 6.07) is 6.44. The molecule has 0 saturated carbocycles. The SMILES string of the molecule is CC(C)(C)c1nccc(CCCNC2CCC(=O)Nc3ccc(F)cc32)n1. The third-order valence-electron chi connectivity index (χ3n) is 4.71. The van der Waals surface area contributed by atoms with E-state index in [1.54, 1.807) is 6.07 Å². The number of aromatic nitrogens is 2. The Morgan fingerprint density at radius 2 is 2.11 bits per heavy atom. The van der Waals surface area contributed by atoms with Gasteiger partial charge >= 0.3 is 0 Å². The minimum absolute atomic E-state index is 0.0251. The smallest absolute Gasteiger partial charge is 0.224 e. The average Bonchev–Trinajstić information content (AvgIpc) is 2.77. The highest BCUT2D eigenvalue weighted by atomic mass is 19.1. The number of halogens is 1. The van der Waals surface area contributed by atoms with Crippen molar-refractivity contribution in [1.82, 2.24) is 15.3 Å². The lowest BCUT2D eigenvalue weighted by atomic mass is 9.95. The number of nitrogens with one attached hydrogen (secondary N) is 2. The first-order valence-corrected chi connectivity index (χ1v) is 9.48. The van der Waals surface area contributed by atoms with E-state index >= 15 is 0 Å². The number of rotatable bonds is 5. The van der Waals surface area contributed by atoms with Gasteiger partial charge in [-0.25, -0.2) is 14.4 Å². The second-order valence-electron chi connectivity index (χ2n) is 8.05. The van der Waals surface area contributed by atoms with E-state index < -0.39 is 0 Å². The number of carbonyl (C=O) groups is 1. The number of anilines is 1. The van der Waals surface area contributed by atoms with Crippen LogP contribution in [0.4, 0.5) is 10.1 Å². The van der Waals surface area contributed by atoms with E-state index in [0.29, 0.717) is 18.5 Å². The van der Waals surface area contributed by atoms with Crippen LogP contribution < -0.4 is 10.6 Å². The molecule has 0 aliphatic carbocycles. The van der Waals surface area contributed by atoms with E-state index in [9.17, 15) is 9.18 Å². The molecule has 1 amide bonds. The van der Waals surface area contributed by atoms with Crippen LogP contribution in [0.1, 0.15) is 63.2 Å². The molecule has 2 heterocycles. The van der Waals surface area contributed by atoms with Gasteiger partial charge in [0.1, 0.15) is 11.6 Å². The van der Waals surface area contributed by atoms with Gasteiger partial charge in [-0.3, -0.25) is 4.79 Å². The molecular formula is C21H27FN4O. The largest absolute Gasteiger partial charge is 0.326 e. The van der Waals surface area contributed by atoms with E-state index in [1.165, 1.54) is 12.1 Å². The van der Waals surface area contributed by atoms with Gasteiger partial charge in [0, 0.05) is 35.5 Å². The lowest BCUT2D eigenvalue weighted by Crippen LogP contribution is -2.23. The third kappa shape index (κ3) is 5.10. The molecule has 2 N–H and O–H groups in total. The molecule has 3 rings (SSSR count). The lowest BCUT2D eigenvalue weighted by Gasteiger charge is -2.19. The molecule has 0 fully saturated rings. The van der Waals surface area contributed by atoms with Gasteiger partial charge in [-0.2, -0.15) is 0 Å². The van der Waals surface area contributed by atoms with Crippen molar-refractivity contribution < 1.29 is 9.18 Å². The standard InChI is InChI=1S/C21H27FN4O/c1-21(2,3)20-24-12-10-15(25-20)5-4-11-23-17-8-9-19(27)26-18-7-6-14(22)13-16(17)18/h6-7,10,12-13,17,23H,4-5,8-9,11H2,1-3H3,(H,26,27). The normalized spacial score (nSPS) is 17.2. The Bertz CT molecular complexity index is 816. The molecule has 0 saturated heterocycles. The van der Waals surface area contributed by atoms with Gasteiger partial charge in [0.25, 0.3) is 0 Å². The zero-order chi connectivity index (χ0) is 19.4. The molecule has 1 aliphatic heterocycles. The number of aryl methyl sites for hydroxylation is 1. The van der Waals surface area contributed by atoms with E-state index in [2.05, 4.69) is 41.4 Å². The molecule has 5 nitrogen and oxygen atoms in total. The van der Waals surface area contributed by atoms with Gasteiger partial charge in [0.15, 0.2) is 0 Å². The average molecular weight is 370 g/mol. The molecular weight excluding hydrogens is 343 g/mol. The fourth-order valence-electron chi connectivity index (χ4n) is 3.23. The number of amides is 1. The highest BCUT2D eigenvalue weighted by molar-refractivity contribution is 5.92. The summed E-state index contributed by atoms with van der Waals surface area (Å²) in [5, 5.41) is 6.33. The summed E-state index contributed by atoms with van der Waals surface area (Å²) in [5.41, 5.74) is 2.47. The molecule has 1 atom stereocenters. The fourth-order valence-corrected chi connectivity index (χ4v) is 3.23. The second-order valence-corrected chi connectivity index (χ2v) is 8.05. The molecule has 27 heavy (non-hydrogen) atoms. The van der Waals surface area contributed by atoms with Crippen molar-refractivity contribution in [2.45, 2.75) is 57.9 Å². The molecule has 6 heteroatoms. The van der Waals surface area contributed by atoms with Crippen molar-refractivity contribution >= 4 is 11.6 Å². The van der Waals surface area contributed by atoms with Crippen molar-refractivity contribution in [2.75, 3.05) is 11.9 Å². The fraction of sp³-hybridized carbons (Fsp3) is 0.476. The second kappa shape index (κ2) is 8.13. The summed E-state index contributed by atoms with van der Waals surface area (Å²) < 4.78 is 13.7. The molecule has 0 bridgehead atoms. The monoisotopic (exact) mass is 370 g/mol. The lowest BCUT2D eigenvalue weighted by molar-refractivity contribution is -0.116. The number of hydrogen-bond donors (Lipinski definition) is 2. The van der Waals surface area contributed by atoms with Crippen LogP contribution in [0.15, 0.2) is 30.5 Å². The van der Waals surface area contributed by atoms with Crippen molar-refractivity contribution in [3.63, 3.8) is 0 Å². The molecule has 1 unspecified atom stereocenters. The molecule has 1 aromatic heterocycles. The predicted octanol–water partition coefficient (Wildman–Crippen LogP) is 3.91. The van der Waals surface area contributed by atoms with Crippen LogP contribution in [0.5, 0.6) is 0 Å². The maximum Gasteiger partial charge on any atom is 0.224 e. The Hall–Kier alpha value is -2.34. The van der Waals surface area contributed by atoms with Gasteiger partial charge in [0.05, 0.1) is 0 Å². The maximum absolute atomic E-state index is 13.7. The summed E-state index contributed by atoms with van der Waals surface area (Å²) in [5.74, 6) is 0.543. The summed E-state index contributed by atoms with van der Waals surface area (Å²) >= 11 is 0. The van der Waals surface area contributed by atoms with Crippen LogP contribution in [0.25, 0.3) is 0 Å². The first kappa shape index (κ1) is 19.4. The highest BCUT2D eigenvalue weighted by Gasteiger charge is 2.22. The van der Waals surface area contributed by atoms with Crippen molar-refractivity contribution in [1.29, 1.82) is 0 Å². The minimum atomic E-state index is -0.285. The van der Waals surface area contributed by atoms with Gasteiger partial charge in [-0.15, -0.1) is 0 Å². The highest BCUT2D eigenvalue weighted by Crippen LogP contribution is 2.30. The van der Waals surface area contributed by atoms with Gasteiger partial charge in [-0.1, -0.05) is 20.8 Å². The van der Waals surface area contributed by atoms with Crippen LogP contribution in [-0.2, 0) is 16.6 Å². The number of fused-ring (bicyclic) bond motifs is 1. The number of carbonyl (C=O) groups excluding carboxylic acids is 1. The molecule has 0 radical (unpaired) electrons. The Kier molecular flexibility index (Phi) is 5.85. The molecule has 1 aromatic carbocycles.